The standard InChI is InChI=1S/C12H15N3O2S/c1-9-5-4-6-11(7-9)14-18(16,17)12-8-15(3)13-10(12)2/h4-8,14H,1-3H3. The summed E-state index contributed by atoms with van der Waals surface area (Å²) in [5.74, 6) is 0. The van der Waals surface area contributed by atoms with Crippen molar-refractivity contribution < 1.29 is 8.42 Å². The van der Waals surface area contributed by atoms with Gasteiger partial charge in [-0.2, -0.15) is 5.10 Å². The molecule has 0 radical (unpaired) electrons. The predicted octanol–water partition coefficient (Wildman–Crippen LogP) is 1.84. The first-order valence-corrected chi connectivity index (χ1v) is 6.96. The molecule has 0 aliphatic heterocycles. The maximum atomic E-state index is 12.2. The van der Waals surface area contributed by atoms with E-state index in [1.807, 2.05) is 19.1 Å². The molecule has 1 aromatic carbocycles. The molecular formula is C12H15N3O2S. The number of aromatic nitrogens is 2. The monoisotopic (exact) mass is 265 g/mol. The number of aryl methyl sites for hydroxylation is 3. The van der Waals surface area contributed by atoms with E-state index in [1.165, 1.54) is 10.9 Å². The maximum Gasteiger partial charge on any atom is 0.265 e. The lowest BCUT2D eigenvalue weighted by molar-refractivity contribution is 0.600. The molecule has 6 heteroatoms. The molecular weight excluding hydrogens is 250 g/mol. The first kappa shape index (κ1) is 12.6. The van der Waals surface area contributed by atoms with E-state index in [-0.39, 0.29) is 4.90 Å². The van der Waals surface area contributed by atoms with E-state index < -0.39 is 10.0 Å². The van der Waals surface area contributed by atoms with Gasteiger partial charge in [-0.1, -0.05) is 12.1 Å². The predicted molar refractivity (Wildman–Crippen MR) is 69.9 cm³/mol. The van der Waals surface area contributed by atoms with Crippen molar-refractivity contribution in [2.45, 2.75) is 18.7 Å². The molecule has 0 fully saturated rings. The van der Waals surface area contributed by atoms with Crippen LogP contribution in [0.5, 0.6) is 0 Å². The number of hydrogen-bond acceptors (Lipinski definition) is 3. The van der Waals surface area contributed by atoms with Crippen molar-refractivity contribution in [2.75, 3.05) is 4.72 Å². The van der Waals surface area contributed by atoms with E-state index >= 15 is 0 Å². The number of anilines is 1. The Labute approximate surface area is 107 Å². The van der Waals surface area contributed by atoms with Crippen LogP contribution in [0.3, 0.4) is 0 Å². The molecule has 5 nitrogen and oxygen atoms in total. The number of nitrogens with one attached hydrogen (secondary N) is 1. The number of benzene rings is 1. The summed E-state index contributed by atoms with van der Waals surface area (Å²) in [4.78, 5) is 0.200. The molecule has 2 rings (SSSR count). The van der Waals surface area contributed by atoms with Gasteiger partial charge in [0.15, 0.2) is 0 Å². The van der Waals surface area contributed by atoms with Crippen LogP contribution in [0.4, 0.5) is 5.69 Å². The van der Waals surface area contributed by atoms with Crippen molar-refractivity contribution in [3.8, 4) is 0 Å². The van der Waals surface area contributed by atoms with Crippen LogP contribution in [-0.4, -0.2) is 18.2 Å². The Hall–Kier alpha value is -1.82. The zero-order valence-corrected chi connectivity index (χ0v) is 11.3. The van der Waals surface area contributed by atoms with E-state index in [0.29, 0.717) is 11.4 Å². The molecule has 18 heavy (non-hydrogen) atoms. The van der Waals surface area contributed by atoms with E-state index in [4.69, 9.17) is 0 Å². The molecule has 0 amide bonds. The van der Waals surface area contributed by atoms with Gasteiger partial charge in [0.25, 0.3) is 10.0 Å². The van der Waals surface area contributed by atoms with Gasteiger partial charge in [-0.05, 0) is 31.5 Å². The highest BCUT2D eigenvalue weighted by molar-refractivity contribution is 7.92. The van der Waals surface area contributed by atoms with Gasteiger partial charge >= 0.3 is 0 Å². The van der Waals surface area contributed by atoms with Crippen LogP contribution in [0.15, 0.2) is 35.4 Å². The summed E-state index contributed by atoms with van der Waals surface area (Å²) >= 11 is 0. The fraction of sp³-hybridized carbons (Fsp3) is 0.250. The Balaban J connectivity index is 2.36. The van der Waals surface area contributed by atoms with Gasteiger partial charge in [-0.3, -0.25) is 9.40 Å². The SMILES string of the molecule is Cc1cccc(NS(=O)(=O)c2cn(C)nc2C)c1. The lowest BCUT2D eigenvalue weighted by Gasteiger charge is -2.07. The summed E-state index contributed by atoms with van der Waals surface area (Å²) in [7, 11) is -1.88. The minimum absolute atomic E-state index is 0.200. The average molecular weight is 265 g/mol. The maximum absolute atomic E-state index is 12.2. The lowest BCUT2D eigenvalue weighted by atomic mass is 10.2. The summed E-state index contributed by atoms with van der Waals surface area (Å²) in [6.07, 6.45) is 1.49. The molecule has 0 unspecified atom stereocenters. The normalized spacial score (nSPS) is 11.5. The summed E-state index contributed by atoms with van der Waals surface area (Å²) in [5.41, 5.74) is 2.04. The van der Waals surface area contributed by atoms with Crippen LogP contribution >= 0.6 is 0 Å². The largest absolute Gasteiger partial charge is 0.280 e. The van der Waals surface area contributed by atoms with Gasteiger partial charge in [0, 0.05) is 18.9 Å². The number of hydrogen-bond donors (Lipinski definition) is 1. The highest BCUT2D eigenvalue weighted by Gasteiger charge is 2.19. The summed E-state index contributed by atoms with van der Waals surface area (Å²) in [5, 5.41) is 4.03. The Morgan fingerprint density at radius 3 is 2.56 bits per heavy atom. The quantitative estimate of drug-likeness (QED) is 0.921. The van der Waals surface area contributed by atoms with E-state index in [1.54, 1.807) is 26.1 Å². The minimum Gasteiger partial charge on any atom is -0.280 e. The molecule has 1 heterocycles. The van der Waals surface area contributed by atoms with Crippen molar-refractivity contribution in [3.05, 3.63) is 41.7 Å². The molecule has 0 aliphatic carbocycles. The third kappa shape index (κ3) is 2.53. The molecule has 0 saturated heterocycles. The third-order valence-corrected chi connectivity index (χ3v) is 4.01. The number of sulfonamides is 1. The van der Waals surface area contributed by atoms with Crippen LogP contribution < -0.4 is 4.72 Å². The third-order valence-electron chi connectivity index (χ3n) is 2.53. The molecule has 0 atom stereocenters. The number of rotatable bonds is 3. The molecule has 0 aliphatic rings. The van der Waals surface area contributed by atoms with Gasteiger partial charge in [0.05, 0.1) is 5.69 Å². The molecule has 0 spiro atoms. The first-order chi connectivity index (χ1) is 8.38. The van der Waals surface area contributed by atoms with Gasteiger partial charge in [0.1, 0.15) is 4.90 Å². The Kier molecular flexibility index (Phi) is 3.13. The second kappa shape index (κ2) is 4.45. The molecule has 1 aromatic heterocycles. The van der Waals surface area contributed by atoms with Crippen LogP contribution in [0.1, 0.15) is 11.3 Å². The molecule has 96 valence electrons. The van der Waals surface area contributed by atoms with Crippen LogP contribution in [-0.2, 0) is 17.1 Å². The van der Waals surface area contributed by atoms with Crippen molar-refractivity contribution in [3.63, 3.8) is 0 Å². The topological polar surface area (TPSA) is 64.0 Å². The Morgan fingerprint density at radius 2 is 2.00 bits per heavy atom. The molecule has 0 bridgehead atoms. The van der Waals surface area contributed by atoms with Crippen molar-refractivity contribution in [1.29, 1.82) is 0 Å². The van der Waals surface area contributed by atoms with Crippen LogP contribution in [0, 0.1) is 13.8 Å². The molecule has 0 saturated carbocycles. The minimum atomic E-state index is -3.57. The fourth-order valence-electron chi connectivity index (χ4n) is 1.76. The van der Waals surface area contributed by atoms with Crippen molar-refractivity contribution in [2.24, 2.45) is 7.05 Å². The lowest BCUT2D eigenvalue weighted by Crippen LogP contribution is -2.13. The second-order valence-electron chi connectivity index (χ2n) is 4.23. The highest BCUT2D eigenvalue weighted by atomic mass is 32.2. The van der Waals surface area contributed by atoms with Crippen molar-refractivity contribution >= 4 is 15.7 Å². The van der Waals surface area contributed by atoms with Crippen LogP contribution in [0.2, 0.25) is 0 Å². The Bertz CT molecular complexity index is 674. The summed E-state index contributed by atoms with van der Waals surface area (Å²) < 4.78 is 28.4. The zero-order valence-electron chi connectivity index (χ0n) is 10.5. The van der Waals surface area contributed by atoms with E-state index in [2.05, 4.69) is 9.82 Å². The van der Waals surface area contributed by atoms with Gasteiger partial charge in [0.2, 0.25) is 0 Å². The highest BCUT2D eigenvalue weighted by Crippen LogP contribution is 2.18. The Morgan fingerprint density at radius 1 is 1.28 bits per heavy atom. The van der Waals surface area contributed by atoms with E-state index in [9.17, 15) is 8.42 Å². The van der Waals surface area contributed by atoms with Gasteiger partial charge in [-0.25, -0.2) is 8.42 Å². The fourth-order valence-corrected chi connectivity index (χ4v) is 3.03. The van der Waals surface area contributed by atoms with Gasteiger partial charge < -0.3 is 0 Å². The van der Waals surface area contributed by atoms with Crippen molar-refractivity contribution in [1.82, 2.24) is 9.78 Å². The van der Waals surface area contributed by atoms with E-state index in [0.717, 1.165) is 5.56 Å². The van der Waals surface area contributed by atoms with Gasteiger partial charge in [-0.15, -0.1) is 0 Å². The summed E-state index contributed by atoms with van der Waals surface area (Å²) in [6, 6.07) is 7.22. The number of nitrogens with zero attached hydrogens (tertiary/aromatic N) is 2. The molecule has 2 aromatic rings. The smallest absolute Gasteiger partial charge is 0.265 e. The zero-order chi connectivity index (χ0) is 13.3. The average Bonchev–Trinajstić information content (AvgIpc) is 2.58. The molecule has 1 N–H and O–H groups in total. The van der Waals surface area contributed by atoms with Crippen LogP contribution in [0.25, 0.3) is 0 Å². The first-order valence-electron chi connectivity index (χ1n) is 5.48. The second-order valence-corrected chi connectivity index (χ2v) is 5.88. The summed E-state index contributed by atoms with van der Waals surface area (Å²) in [6.45, 7) is 3.58.